The molecule has 15 heavy (non-hydrogen) atoms. The van der Waals surface area contributed by atoms with E-state index in [0.717, 1.165) is 11.8 Å². The molecule has 1 atom stereocenters. The average Bonchev–Trinajstić information content (AvgIpc) is 2.16. The second-order valence-electron chi connectivity index (χ2n) is 5.09. The molecule has 0 aliphatic heterocycles. The Kier molecular flexibility index (Phi) is 16.0. The van der Waals surface area contributed by atoms with Crippen LogP contribution in [-0.4, -0.2) is 0 Å². The average molecular weight is 222 g/mol. The summed E-state index contributed by atoms with van der Waals surface area (Å²) < 4.78 is 0. The van der Waals surface area contributed by atoms with E-state index in [0.29, 0.717) is 0 Å². The smallest absolute Gasteiger partial charge is 1.00 e. The summed E-state index contributed by atoms with van der Waals surface area (Å²) in [6.07, 6.45) is 11.5. The molecule has 1 unspecified atom stereocenters. The van der Waals surface area contributed by atoms with Gasteiger partial charge in [-0.3, -0.25) is 0 Å². The molecule has 0 bridgehead atoms. The van der Waals surface area contributed by atoms with Crippen LogP contribution in [0.25, 0.3) is 0 Å². The van der Waals surface area contributed by atoms with Crippen molar-refractivity contribution in [2.45, 2.75) is 79.1 Å². The number of unbranched alkanes of at least 4 members (excludes halogenated alkanes) is 2. The third kappa shape index (κ3) is 12.9. The van der Waals surface area contributed by atoms with Gasteiger partial charge in [0.1, 0.15) is 0 Å². The maximum Gasteiger partial charge on any atom is 1.00 e. The van der Waals surface area contributed by atoms with Crippen LogP contribution in [0, 0.1) is 11.8 Å². The Morgan fingerprint density at radius 1 is 0.867 bits per heavy atom. The van der Waals surface area contributed by atoms with E-state index in [9.17, 15) is 0 Å². The van der Waals surface area contributed by atoms with Crippen LogP contribution in [-0.2, 0) is 0 Å². The Hall–Kier alpha value is 1.00. The van der Waals surface area contributed by atoms with Gasteiger partial charge < -0.3 is 1.43 Å². The van der Waals surface area contributed by atoms with Crippen molar-refractivity contribution >= 4 is 0 Å². The minimum Gasteiger partial charge on any atom is -1.00 e. The molecular formula is C14H31Na. The van der Waals surface area contributed by atoms with Crippen LogP contribution in [0.15, 0.2) is 0 Å². The van der Waals surface area contributed by atoms with Crippen molar-refractivity contribution in [1.29, 1.82) is 0 Å². The SMILES string of the molecule is CCCCC(CC)CCCCC(C)C.[H-].[Na+]. The van der Waals surface area contributed by atoms with Crippen LogP contribution in [0.2, 0.25) is 0 Å². The van der Waals surface area contributed by atoms with Gasteiger partial charge in [-0.1, -0.05) is 79.1 Å². The maximum absolute atomic E-state index is 2.35. The molecule has 0 fully saturated rings. The molecule has 0 nitrogen and oxygen atoms in total. The van der Waals surface area contributed by atoms with Gasteiger partial charge in [0.05, 0.1) is 0 Å². The monoisotopic (exact) mass is 222 g/mol. The Morgan fingerprint density at radius 2 is 1.40 bits per heavy atom. The predicted molar refractivity (Wildman–Crippen MR) is 67.7 cm³/mol. The van der Waals surface area contributed by atoms with Gasteiger partial charge in [0, 0.05) is 0 Å². The summed E-state index contributed by atoms with van der Waals surface area (Å²) in [6.45, 7) is 9.30. The third-order valence-electron chi connectivity index (χ3n) is 3.19. The zero-order valence-electron chi connectivity index (χ0n) is 12.8. The summed E-state index contributed by atoms with van der Waals surface area (Å²) in [4.78, 5) is 0. The Morgan fingerprint density at radius 3 is 1.87 bits per heavy atom. The number of rotatable bonds is 9. The molecule has 0 aliphatic rings. The number of hydrogen-bond acceptors (Lipinski definition) is 0. The van der Waals surface area contributed by atoms with Gasteiger partial charge in [0.15, 0.2) is 0 Å². The van der Waals surface area contributed by atoms with Crippen molar-refractivity contribution in [3.05, 3.63) is 0 Å². The quantitative estimate of drug-likeness (QED) is 0.415. The molecule has 0 rings (SSSR count). The molecule has 0 radical (unpaired) electrons. The van der Waals surface area contributed by atoms with Crippen molar-refractivity contribution in [3.63, 3.8) is 0 Å². The molecule has 0 aromatic rings. The molecule has 0 amide bonds. The van der Waals surface area contributed by atoms with Gasteiger partial charge in [-0.2, -0.15) is 0 Å². The maximum atomic E-state index is 2.35. The zero-order valence-corrected chi connectivity index (χ0v) is 13.8. The normalized spacial score (nSPS) is 12.6. The van der Waals surface area contributed by atoms with Crippen LogP contribution in [0.1, 0.15) is 80.5 Å². The summed E-state index contributed by atoms with van der Waals surface area (Å²) in [5, 5.41) is 0. The minimum absolute atomic E-state index is 0. The zero-order chi connectivity index (χ0) is 10.8. The predicted octanol–water partition coefficient (Wildman–Crippen LogP) is 2.54. The van der Waals surface area contributed by atoms with Gasteiger partial charge in [-0.15, -0.1) is 0 Å². The summed E-state index contributed by atoms with van der Waals surface area (Å²) in [6, 6.07) is 0. The molecule has 88 valence electrons. The van der Waals surface area contributed by atoms with E-state index in [1.807, 2.05) is 0 Å². The van der Waals surface area contributed by atoms with E-state index in [1.54, 1.807) is 0 Å². The summed E-state index contributed by atoms with van der Waals surface area (Å²) in [5.74, 6) is 1.91. The molecule has 1 heteroatoms. The van der Waals surface area contributed by atoms with Crippen LogP contribution in [0.5, 0.6) is 0 Å². The Labute approximate surface area is 121 Å². The molecule has 0 aliphatic carbocycles. The molecule has 0 saturated heterocycles. The molecule has 0 spiro atoms. The first kappa shape index (κ1) is 18.4. The fourth-order valence-electron chi connectivity index (χ4n) is 2.03. The largest absolute Gasteiger partial charge is 1.00 e. The molecule has 0 heterocycles. The van der Waals surface area contributed by atoms with Crippen molar-refractivity contribution in [3.8, 4) is 0 Å². The first-order chi connectivity index (χ1) is 6.70. The topological polar surface area (TPSA) is 0 Å². The van der Waals surface area contributed by atoms with E-state index >= 15 is 0 Å². The minimum atomic E-state index is 0. The van der Waals surface area contributed by atoms with E-state index < -0.39 is 0 Å². The van der Waals surface area contributed by atoms with E-state index in [-0.39, 0.29) is 31.0 Å². The Balaban J connectivity index is -0.000000845. The first-order valence-corrected chi connectivity index (χ1v) is 6.70. The van der Waals surface area contributed by atoms with Crippen LogP contribution >= 0.6 is 0 Å². The molecular weight excluding hydrogens is 191 g/mol. The van der Waals surface area contributed by atoms with Crippen molar-refractivity contribution in [1.82, 2.24) is 0 Å². The number of hydrogen-bond donors (Lipinski definition) is 0. The van der Waals surface area contributed by atoms with Gasteiger partial charge >= 0.3 is 29.6 Å². The molecule has 0 aromatic carbocycles. The second-order valence-corrected chi connectivity index (χ2v) is 5.09. The fraction of sp³-hybridized carbons (Fsp3) is 1.00. The third-order valence-corrected chi connectivity index (χ3v) is 3.19. The van der Waals surface area contributed by atoms with Crippen molar-refractivity contribution < 1.29 is 31.0 Å². The summed E-state index contributed by atoms with van der Waals surface area (Å²) >= 11 is 0. The summed E-state index contributed by atoms with van der Waals surface area (Å²) in [5.41, 5.74) is 0. The van der Waals surface area contributed by atoms with Crippen LogP contribution in [0.4, 0.5) is 0 Å². The van der Waals surface area contributed by atoms with Gasteiger partial charge in [-0.05, 0) is 11.8 Å². The summed E-state index contributed by atoms with van der Waals surface area (Å²) in [7, 11) is 0. The van der Waals surface area contributed by atoms with E-state index in [1.165, 1.54) is 51.4 Å². The first-order valence-electron chi connectivity index (χ1n) is 6.70. The molecule has 0 aromatic heterocycles. The van der Waals surface area contributed by atoms with Gasteiger partial charge in [0.2, 0.25) is 0 Å². The van der Waals surface area contributed by atoms with Crippen LogP contribution < -0.4 is 29.6 Å². The van der Waals surface area contributed by atoms with Crippen LogP contribution in [0.3, 0.4) is 0 Å². The van der Waals surface area contributed by atoms with Gasteiger partial charge in [0.25, 0.3) is 0 Å². The van der Waals surface area contributed by atoms with E-state index in [2.05, 4.69) is 27.7 Å². The second kappa shape index (κ2) is 13.1. The van der Waals surface area contributed by atoms with Gasteiger partial charge in [-0.25, -0.2) is 0 Å². The Bertz CT molecular complexity index is 115. The van der Waals surface area contributed by atoms with E-state index in [4.69, 9.17) is 0 Å². The van der Waals surface area contributed by atoms with Crippen molar-refractivity contribution in [2.24, 2.45) is 11.8 Å². The standard InChI is InChI=1S/C14H30.Na.H/c1-5-7-11-14(6-2)12-9-8-10-13(3)4;;/h13-14H,5-12H2,1-4H3;;/q;+1;-1. The molecule has 0 saturated carbocycles. The van der Waals surface area contributed by atoms with Crippen molar-refractivity contribution in [2.75, 3.05) is 0 Å². The fourth-order valence-corrected chi connectivity index (χ4v) is 2.03. The molecule has 0 N–H and O–H groups in total.